The number of amides is 1. The molecular weight excluding hydrogens is 471 g/mol. The summed E-state index contributed by atoms with van der Waals surface area (Å²) in [6.07, 6.45) is 2.95. The molecule has 0 bridgehead atoms. The van der Waals surface area contributed by atoms with Crippen LogP contribution in [0.15, 0.2) is 34.3 Å². The van der Waals surface area contributed by atoms with Crippen molar-refractivity contribution >= 4 is 69.7 Å². The number of carbonyl (C=O) groups is 1. The van der Waals surface area contributed by atoms with Crippen LogP contribution in [0.3, 0.4) is 0 Å². The van der Waals surface area contributed by atoms with Crippen molar-refractivity contribution in [1.82, 2.24) is 5.01 Å². The molecule has 0 spiro atoms. The summed E-state index contributed by atoms with van der Waals surface area (Å²) in [5, 5.41) is 25.0. The Labute approximate surface area is 191 Å². The fourth-order valence-electron chi connectivity index (χ4n) is 2.49. The summed E-state index contributed by atoms with van der Waals surface area (Å²) < 4.78 is 10.3. The third-order valence-corrected chi connectivity index (χ3v) is 5.79. The molecule has 7 nitrogen and oxygen atoms in total. The second-order valence-electron chi connectivity index (χ2n) is 5.85. The zero-order valence-electron chi connectivity index (χ0n) is 15.6. The minimum atomic E-state index is -0.429. The second-order valence-corrected chi connectivity index (χ2v) is 8.34. The summed E-state index contributed by atoms with van der Waals surface area (Å²) in [5.74, 6) is -0.446. The van der Waals surface area contributed by atoms with E-state index in [2.05, 4.69) is 5.10 Å². The predicted molar refractivity (Wildman–Crippen MR) is 122 cm³/mol. The first-order valence-corrected chi connectivity index (χ1v) is 10.2. The topological polar surface area (TPSA) is 91.6 Å². The van der Waals surface area contributed by atoms with Gasteiger partial charge < -0.3 is 19.7 Å². The van der Waals surface area contributed by atoms with E-state index in [0.717, 1.165) is 16.8 Å². The van der Waals surface area contributed by atoms with Crippen LogP contribution in [0.5, 0.6) is 23.0 Å². The Morgan fingerprint density at radius 1 is 1.03 bits per heavy atom. The van der Waals surface area contributed by atoms with Crippen LogP contribution in [0, 0.1) is 0 Å². The van der Waals surface area contributed by atoms with E-state index in [0.29, 0.717) is 16.0 Å². The van der Waals surface area contributed by atoms with Gasteiger partial charge >= 0.3 is 0 Å². The number of benzene rings is 2. The average molecular weight is 485 g/mol. The van der Waals surface area contributed by atoms with Crippen LogP contribution < -0.4 is 9.47 Å². The Balaban J connectivity index is 1.87. The van der Waals surface area contributed by atoms with Crippen molar-refractivity contribution in [3.05, 3.63) is 50.3 Å². The number of halogens is 2. The highest BCUT2D eigenvalue weighted by Crippen LogP contribution is 2.38. The Morgan fingerprint density at radius 2 is 1.57 bits per heavy atom. The summed E-state index contributed by atoms with van der Waals surface area (Å²) >= 11 is 18.3. The number of nitrogens with zero attached hydrogens (tertiary/aromatic N) is 2. The summed E-state index contributed by atoms with van der Waals surface area (Å²) in [7, 11) is 2.79. The van der Waals surface area contributed by atoms with E-state index in [-0.39, 0.29) is 37.4 Å². The maximum Gasteiger partial charge on any atom is 0.286 e. The Morgan fingerprint density at radius 3 is 2.13 bits per heavy atom. The Bertz CT molecular complexity index is 1100. The van der Waals surface area contributed by atoms with Gasteiger partial charge in [0.15, 0.2) is 27.3 Å². The Kier molecular flexibility index (Phi) is 6.77. The zero-order valence-corrected chi connectivity index (χ0v) is 18.7. The number of rotatable bonds is 5. The third kappa shape index (κ3) is 4.49. The monoisotopic (exact) mass is 484 g/mol. The molecule has 0 saturated carbocycles. The molecule has 1 heterocycles. The number of thioether (sulfide) groups is 1. The fraction of sp³-hybridized carbons (Fsp3) is 0.105. The van der Waals surface area contributed by atoms with E-state index in [1.807, 2.05) is 0 Å². The van der Waals surface area contributed by atoms with Crippen molar-refractivity contribution in [3.8, 4) is 23.0 Å². The van der Waals surface area contributed by atoms with Crippen LogP contribution in [0.25, 0.3) is 6.08 Å². The molecule has 156 valence electrons. The van der Waals surface area contributed by atoms with Gasteiger partial charge in [0.1, 0.15) is 0 Å². The van der Waals surface area contributed by atoms with Gasteiger partial charge in [-0.25, -0.2) is 0 Å². The number of hydrogen-bond acceptors (Lipinski definition) is 8. The number of methoxy groups -OCH3 is 2. The molecule has 0 aromatic heterocycles. The number of phenols is 2. The van der Waals surface area contributed by atoms with E-state index < -0.39 is 5.91 Å². The van der Waals surface area contributed by atoms with E-state index in [1.54, 1.807) is 12.1 Å². The zero-order chi connectivity index (χ0) is 22.0. The molecule has 1 saturated heterocycles. The molecule has 2 N–H and O–H groups in total. The van der Waals surface area contributed by atoms with Gasteiger partial charge in [-0.15, -0.1) is 0 Å². The van der Waals surface area contributed by atoms with Crippen LogP contribution in [0.4, 0.5) is 0 Å². The lowest BCUT2D eigenvalue weighted by molar-refractivity contribution is -0.122. The molecule has 1 aliphatic heterocycles. The Hall–Kier alpha value is -2.46. The van der Waals surface area contributed by atoms with E-state index in [1.165, 1.54) is 38.6 Å². The van der Waals surface area contributed by atoms with Gasteiger partial charge in [0.25, 0.3) is 5.91 Å². The molecule has 11 heteroatoms. The van der Waals surface area contributed by atoms with Gasteiger partial charge in [0, 0.05) is 0 Å². The molecule has 1 fully saturated rings. The fourth-order valence-corrected chi connectivity index (χ4v) is 4.10. The highest BCUT2D eigenvalue weighted by atomic mass is 35.5. The molecule has 1 amide bonds. The molecule has 1 aliphatic rings. The van der Waals surface area contributed by atoms with Crippen LogP contribution >= 0.6 is 47.2 Å². The second kappa shape index (κ2) is 9.13. The number of thiocarbonyl (C=S) groups is 1. The first-order chi connectivity index (χ1) is 14.2. The minimum absolute atomic E-state index is 0.0826. The lowest BCUT2D eigenvalue weighted by atomic mass is 10.2. The minimum Gasteiger partial charge on any atom is -0.503 e. The molecule has 0 atom stereocenters. The lowest BCUT2D eigenvalue weighted by Gasteiger charge is -2.08. The summed E-state index contributed by atoms with van der Waals surface area (Å²) in [6, 6.07) is 6.03. The van der Waals surface area contributed by atoms with Crippen LogP contribution in [-0.4, -0.2) is 45.9 Å². The summed E-state index contributed by atoms with van der Waals surface area (Å²) in [4.78, 5) is 13.0. The predicted octanol–water partition coefficient (Wildman–Crippen LogP) is 4.66. The molecule has 3 rings (SSSR count). The molecule has 0 radical (unpaired) electrons. The molecule has 2 aromatic carbocycles. The first kappa shape index (κ1) is 22.2. The molecule has 2 aromatic rings. The van der Waals surface area contributed by atoms with Gasteiger partial charge in [-0.1, -0.05) is 35.0 Å². The van der Waals surface area contributed by atoms with Crippen LogP contribution in [0.2, 0.25) is 10.0 Å². The number of aromatic hydroxyl groups is 2. The smallest absolute Gasteiger partial charge is 0.286 e. The summed E-state index contributed by atoms with van der Waals surface area (Å²) in [5.41, 5.74) is 1.05. The highest BCUT2D eigenvalue weighted by molar-refractivity contribution is 8.26. The number of hydrogen-bond donors (Lipinski definition) is 2. The third-order valence-electron chi connectivity index (χ3n) is 3.93. The van der Waals surface area contributed by atoms with E-state index in [4.69, 9.17) is 44.9 Å². The largest absolute Gasteiger partial charge is 0.503 e. The quantitative estimate of drug-likeness (QED) is 0.362. The van der Waals surface area contributed by atoms with Gasteiger partial charge in [0.2, 0.25) is 0 Å². The van der Waals surface area contributed by atoms with Crippen molar-refractivity contribution in [1.29, 1.82) is 0 Å². The van der Waals surface area contributed by atoms with Gasteiger partial charge in [-0.05, 0) is 53.7 Å². The van der Waals surface area contributed by atoms with Gasteiger partial charge in [-0.3, -0.25) is 4.79 Å². The molecule has 0 unspecified atom stereocenters. The normalized spacial score (nSPS) is 15.5. The van der Waals surface area contributed by atoms with Crippen LogP contribution in [-0.2, 0) is 4.79 Å². The van der Waals surface area contributed by atoms with Gasteiger partial charge in [-0.2, -0.15) is 10.1 Å². The van der Waals surface area contributed by atoms with Crippen molar-refractivity contribution < 1.29 is 24.5 Å². The van der Waals surface area contributed by atoms with E-state index in [9.17, 15) is 15.0 Å². The maximum atomic E-state index is 12.7. The molecule has 0 aliphatic carbocycles. The highest BCUT2D eigenvalue weighted by Gasteiger charge is 2.32. The maximum absolute atomic E-state index is 12.7. The number of phenolic OH excluding ortho intramolecular Hbond substituents is 2. The van der Waals surface area contributed by atoms with Crippen molar-refractivity contribution in [3.63, 3.8) is 0 Å². The number of ether oxygens (including phenoxy) is 2. The van der Waals surface area contributed by atoms with Gasteiger partial charge in [0.05, 0.1) is 35.4 Å². The lowest BCUT2D eigenvalue weighted by Crippen LogP contribution is -2.22. The van der Waals surface area contributed by atoms with E-state index >= 15 is 0 Å². The number of carbonyl (C=O) groups excluding carboxylic acids is 1. The first-order valence-electron chi connectivity index (χ1n) is 8.20. The molecular formula is C19H14Cl2N2O5S2. The van der Waals surface area contributed by atoms with Crippen molar-refractivity contribution in [2.45, 2.75) is 0 Å². The summed E-state index contributed by atoms with van der Waals surface area (Å²) in [6.45, 7) is 0. The van der Waals surface area contributed by atoms with Crippen molar-refractivity contribution in [2.24, 2.45) is 5.10 Å². The van der Waals surface area contributed by atoms with Crippen LogP contribution in [0.1, 0.15) is 11.1 Å². The average Bonchev–Trinajstić information content (AvgIpc) is 2.97. The standard InChI is InChI=1S/C19H14Cl2N2O5S2/c1-27-13-5-9(3-11(20)16(13)24)7-15-18(26)23(19(29)30-15)22-8-10-4-12(21)17(25)14(6-10)28-2/h3-8,24-25H,1-2H3/b15-7-,22-8-. The van der Waals surface area contributed by atoms with Crippen molar-refractivity contribution in [2.75, 3.05) is 14.2 Å². The SMILES string of the molecule is COc1cc(/C=N\N2C(=O)/C(=C/c3cc(Cl)c(O)c(OC)c3)SC2=S)cc(Cl)c1O. The number of hydrazone groups is 1. The molecule has 30 heavy (non-hydrogen) atoms.